The summed E-state index contributed by atoms with van der Waals surface area (Å²) in [7, 11) is 1.53. The summed E-state index contributed by atoms with van der Waals surface area (Å²) < 4.78 is 18.6. The normalized spacial score (nSPS) is 16.6. The number of methoxy groups -OCH3 is 1. The molecule has 2 rings (SSSR count). The summed E-state index contributed by atoms with van der Waals surface area (Å²) in [6, 6.07) is 5.18. The Bertz CT molecular complexity index is 340. The maximum Gasteiger partial charge on any atom is 0.165 e. The Morgan fingerprint density at radius 1 is 1.31 bits per heavy atom. The first kappa shape index (κ1) is 13.5. The molecule has 0 amide bonds. The maximum absolute atomic E-state index is 13.5. The molecule has 4 heteroatoms. The van der Waals surface area contributed by atoms with Crippen molar-refractivity contribution in [2.24, 2.45) is 0 Å². The quantitative estimate of drug-likeness (QED) is 0.904. The molecule has 0 aliphatic carbocycles. The predicted octanol–water partition coefficient (Wildman–Crippen LogP) is 2.88. The van der Waals surface area contributed by atoms with Crippen LogP contribution < -0.4 is 10.1 Å². The average Bonchev–Trinajstić information content (AvgIpc) is 2.30. The van der Waals surface area contributed by atoms with E-state index in [0.29, 0.717) is 11.7 Å². The van der Waals surface area contributed by atoms with Crippen LogP contribution >= 0.6 is 17.0 Å². The highest BCUT2D eigenvalue weighted by Crippen LogP contribution is 2.33. The highest BCUT2D eigenvalue weighted by Gasteiger charge is 2.20. The number of halogens is 2. The summed E-state index contributed by atoms with van der Waals surface area (Å²) in [5.74, 6) is 0.592. The van der Waals surface area contributed by atoms with Crippen LogP contribution in [0.4, 0.5) is 4.39 Å². The highest BCUT2D eigenvalue weighted by atomic mass is 79.9. The molecule has 0 aromatic heterocycles. The van der Waals surface area contributed by atoms with Crippen molar-refractivity contribution in [2.45, 2.75) is 18.8 Å². The molecular weight excluding hydrogens is 273 g/mol. The molecule has 1 aromatic carbocycles. The van der Waals surface area contributed by atoms with Crippen LogP contribution in [0.1, 0.15) is 24.3 Å². The van der Waals surface area contributed by atoms with E-state index in [-0.39, 0.29) is 22.8 Å². The summed E-state index contributed by atoms with van der Waals surface area (Å²) in [5.41, 5.74) is 1.01. The highest BCUT2D eigenvalue weighted by molar-refractivity contribution is 8.93. The SMILES string of the molecule is Br.COc1c(F)cccc1C1CCNCC1. The lowest BCUT2D eigenvalue weighted by atomic mass is 9.89. The molecule has 1 saturated heterocycles. The fourth-order valence-electron chi connectivity index (χ4n) is 2.20. The Morgan fingerprint density at radius 3 is 2.62 bits per heavy atom. The third kappa shape index (κ3) is 2.74. The van der Waals surface area contributed by atoms with E-state index in [0.717, 1.165) is 31.5 Å². The van der Waals surface area contributed by atoms with Gasteiger partial charge < -0.3 is 10.1 Å². The van der Waals surface area contributed by atoms with Gasteiger partial charge in [0.1, 0.15) is 0 Å². The smallest absolute Gasteiger partial charge is 0.165 e. The third-order valence-electron chi connectivity index (χ3n) is 2.98. The number of benzene rings is 1. The van der Waals surface area contributed by atoms with Gasteiger partial charge in [-0.15, -0.1) is 17.0 Å². The minimum atomic E-state index is -0.256. The van der Waals surface area contributed by atoms with E-state index < -0.39 is 0 Å². The van der Waals surface area contributed by atoms with Crippen molar-refractivity contribution >= 4 is 17.0 Å². The first-order valence-electron chi connectivity index (χ1n) is 5.36. The second-order valence-corrected chi connectivity index (χ2v) is 3.89. The van der Waals surface area contributed by atoms with Gasteiger partial charge in [-0.3, -0.25) is 0 Å². The Morgan fingerprint density at radius 2 is 2.00 bits per heavy atom. The Labute approximate surface area is 106 Å². The number of rotatable bonds is 2. The van der Waals surface area contributed by atoms with Crippen molar-refractivity contribution in [1.29, 1.82) is 0 Å². The third-order valence-corrected chi connectivity index (χ3v) is 2.98. The molecule has 1 N–H and O–H groups in total. The number of nitrogens with one attached hydrogen (secondary N) is 1. The number of hydrogen-bond donors (Lipinski definition) is 1. The monoisotopic (exact) mass is 289 g/mol. The second-order valence-electron chi connectivity index (χ2n) is 3.89. The molecule has 0 radical (unpaired) electrons. The Balaban J connectivity index is 0.00000128. The van der Waals surface area contributed by atoms with Crippen molar-refractivity contribution in [1.82, 2.24) is 5.32 Å². The van der Waals surface area contributed by atoms with Gasteiger partial charge in [0.2, 0.25) is 0 Å². The fourth-order valence-corrected chi connectivity index (χ4v) is 2.20. The van der Waals surface area contributed by atoms with Gasteiger partial charge in [0.25, 0.3) is 0 Å². The van der Waals surface area contributed by atoms with Crippen molar-refractivity contribution < 1.29 is 9.13 Å². The predicted molar refractivity (Wildman–Crippen MR) is 68.1 cm³/mol. The molecule has 1 aliphatic rings. The van der Waals surface area contributed by atoms with Gasteiger partial charge in [0.05, 0.1) is 7.11 Å². The van der Waals surface area contributed by atoms with Crippen LogP contribution in [0.5, 0.6) is 5.75 Å². The van der Waals surface area contributed by atoms with E-state index in [1.165, 1.54) is 13.2 Å². The van der Waals surface area contributed by atoms with Gasteiger partial charge in [-0.2, -0.15) is 0 Å². The van der Waals surface area contributed by atoms with E-state index in [9.17, 15) is 4.39 Å². The molecule has 0 unspecified atom stereocenters. The van der Waals surface area contributed by atoms with Crippen LogP contribution in [-0.2, 0) is 0 Å². The topological polar surface area (TPSA) is 21.3 Å². The minimum absolute atomic E-state index is 0. The van der Waals surface area contributed by atoms with E-state index in [2.05, 4.69) is 5.32 Å². The van der Waals surface area contributed by atoms with Crippen LogP contribution in [-0.4, -0.2) is 20.2 Å². The first-order chi connectivity index (χ1) is 7.33. The Hall–Kier alpha value is -0.610. The zero-order chi connectivity index (χ0) is 10.7. The molecule has 0 spiro atoms. The van der Waals surface area contributed by atoms with Gasteiger partial charge in [-0.1, -0.05) is 12.1 Å². The van der Waals surface area contributed by atoms with Crippen molar-refractivity contribution in [3.8, 4) is 5.75 Å². The van der Waals surface area contributed by atoms with Gasteiger partial charge in [0, 0.05) is 5.56 Å². The molecule has 0 saturated carbocycles. The number of hydrogen-bond acceptors (Lipinski definition) is 2. The first-order valence-corrected chi connectivity index (χ1v) is 5.36. The molecular formula is C12H17BrFNO. The maximum atomic E-state index is 13.5. The fraction of sp³-hybridized carbons (Fsp3) is 0.500. The van der Waals surface area contributed by atoms with Gasteiger partial charge in [-0.05, 0) is 37.9 Å². The summed E-state index contributed by atoms with van der Waals surface area (Å²) in [4.78, 5) is 0. The molecule has 1 aromatic rings. The summed E-state index contributed by atoms with van der Waals surface area (Å²) >= 11 is 0. The van der Waals surface area contributed by atoms with Crippen LogP contribution in [0.3, 0.4) is 0 Å². The molecule has 0 atom stereocenters. The lowest BCUT2D eigenvalue weighted by Crippen LogP contribution is -2.26. The number of para-hydroxylation sites is 1. The average molecular weight is 290 g/mol. The summed E-state index contributed by atoms with van der Waals surface area (Å²) in [5, 5.41) is 3.30. The number of ether oxygens (including phenoxy) is 1. The molecule has 16 heavy (non-hydrogen) atoms. The van der Waals surface area contributed by atoms with Gasteiger partial charge in [0.15, 0.2) is 11.6 Å². The summed E-state index contributed by atoms with van der Waals surface area (Å²) in [6.45, 7) is 2.01. The Kier molecular flexibility index (Phi) is 5.22. The lowest BCUT2D eigenvalue weighted by molar-refractivity contribution is 0.368. The van der Waals surface area contributed by atoms with Crippen molar-refractivity contribution in [2.75, 3.05) is 20.2 Å². The second kappa shape index (κ2) is 6.21. The van der Waals surface area contributed by atoms with Crippen LogP contribution in [0.15, 0.2) is 18.2 Å². The minimum Gasteiger partial charge on any atom is -0.493 e. The molecule has 1 fully saturated rings. The van der Waals surface area contributed by atoms with Crippen molar-refractivity contribution in [3.63, 3.8) is 0 Å². The molecule has 1 heterocycles. The molecule has 0 bridgehead atoms. The van der Waals surface area contributed by atoms with E-state index in [4.69, 9.17) is 4.74 Å². The van der Waals surface area contributed by atoms with Gasteiger partial charge >= 0.3 is 0 Å². The van der Waals surface area contributed by atoms with Gasteiger partial charge in [-0.25, -0.2) is 4.39 Å². The zero-order valence-corrected chi connectivity index (χ0v) is 11.0. The van der Waals surface area contributed by atoms with Crippen LogP contribution in [0.25, 0.3) is 0 Å². The molecule has 90 valence electrons. The number of piperidine rings is 1. The van der Waals surface area contributed by atoms with E-state index in [1.807, 2.05) is 6.07 Å². The van der Waals surface area contributed by atoms with Crippen LogP contribution in [0, 0.1) is 5.82 Å². The molecule has 2 nitrogen and oxygen atoms in total. The van der Waals surface area contributed by atoms with E-state index in [1.54, 1.807) is 6.07 Å². The van der Waals surface area contributed by atoms with Crippen LogP contribution in [0.2, 0.25) is 0 Å². The van der Waals surface area contributed by atoms with E-state index >= 15 is 0 Å². The largest absolute Gasteiger partial charge is 0.493 e. The lowest BCUT2D eigenvalue weighted by Gasteiger charge is -2.24. The van der Waals surface area contributed by atoms with Crippen molar-refractivity contribution in [3.05, 3.63) is 29.6 Å². The standard InChI is InChI=1S/C12H16FNO.BrH/c1-15-12-10(3-2-4-11(12)13)9-5-7-14-8-6-9;/h2-4,9,14H,5-8H2,1H3;1H. The zero-order valence-electron chi connectivity index (χ0n) is 9.33. The summed E-state index contributed by atoms with van der Waals surface area (Å²) in [6.07, 6.45) is 2.11. The molecule has 1 aliphatic heterocycles.